The lowest BCUT2D eigenvalue weighted by Crippen LogP contribution is -2.53. The number of aliphatic hydroxyl groups is 1. The number of anilines is 2. The molecule has 2 aromatic rings. The number of hydrogen-bond acceptors (Lipinski definition) is 6. The second-order valence-electron chi connectivity index (χ2n) is 12.3. The maximum atomic E-state index is 14.7. The molecule has 4 heterocycles. The lowest BCUT2D eigenvalue weighted by molar-refractivity contribution is -0.139. The van der Waals surface area contributed by atoms with Crippen LogP contribution in [0.25, 0.3) is 0 Å². The zero-order valence-electron chi connectivity index (χ0n) is 25.7. The monoisotopic (exact) mass is 649 g/mol. The third-order valence-electron chi connectivity index (χ3n) is 9.46. The van der Waals surface area contributed by atoms with Gasteiger partial charge in [-0.1, -0.05) is 48.7 Å². The van der Waals surface area contributed by atoms with E-state index in [1.807, 2.05) is 68.5 Å². The molecule has 4 aliphatic heterocycles. The molecule has 6 rings (SSSR count). The molecular formula is C35H40ClN3O5S. The Morgan fingerprint density at radius 2 is 1.47 bits per heavy atom. The zero-order valence-corrected chi connectivity index (χ0v) is 27.3. The lowest BCUT2D eigenvalue weighted by atomic mass is 9.74. The normalized spacial score (nSPS) is 29.0. The third-order valence-corrected chi connectivity index (χ3v) is 11.5. The molecular weight excluding hydrogens is 610 g/mol. The molecule has 2 fully saturated rings. The number of rotatable bonds is 10. The highest BCUT2D eigenvalue weighted by Crippen LogP contribution is 2.65. The molecule has 8 nitrogen and oxygen atoms in total. The van der Waals surface area contributed by atoms with E-state index >= 15 is 0 Å². The van der Waals surface area contributed by atoms with E-state index in [-0.39, 0.29) is 24.3 Å². The van der Waals surface area contributed by atoms with Crippen molar-refractivity contribution in [2.24, 2.45) is 11.8 Å². The highest BCUT2D eigenvalue weighted by Gasteiger charge is 2.74. The van der Waals surface area contributed by atoms with Crippen molar-refractivity contribution < 1.29 is 24.2 Å². The van der Waals surface area contributed by atoms with Crippen LogP contribution in [0.2, 0.25) is 5.02 Å². The quantitative estimate of drug-likeness (QED) is 0.271. The smallest absolute Gasteiger partial charge is 0.251 e. The van der Waals surface area contributed by atoms with Crippen LogP contribution in [0.1, 0.15) is 39.5 Å². The predicted octanol–water partition coefficient (Wildman–Crippen LogP) is 5.48. The SMILES string of the molecule is CCOc1ccc(N2CC=C[C@]3(C)S[C@]45C=CCN(c6ccc(Cl)cc6)C(=O)C4N(CCCCCCO)C(=O)[C@@H]5[C@@H]3C2=O)cc1. The van der Waals surface area contributed by atoms with E-state index in [2.05, 4.69) is 6.08 Å². The summed E-state index contributed by atoms with van der Waals surface area (Å²) in [6.45, 7) is 5.81. The summed E-state index contributed by atoms with van der Waals surface area (Å²) in [7, 11) is 0. The third kappa shape index (κ3) is 5.57. The van der Waals surface area contributed by atoms with Gasteiger partial charge in [-0.3, -0.25) is 14.4 Å². The number of carbonyl (C=O) groups is 3. The summed E-state index contributed by atoms with van der Waals surface area (Å²) >= 11 is 7.76. The fraction of sp³-hybridized carbons (Fsp3) is 0.457. The van der Waals surface area contributed by atoms with E-state index in [9.17, 15) is 19.5 Å². The van der Waals surface area contributed by atoms with E-state index < -0.39 is 27.4 Å². The van der Waals surface area contributed by atoms with E-state index in [0.29, 0.717) is 49.8 Å². The van der Waals surface area contributed by atoms with Gasteiger partial charge < -0.3 is 24.5 Å². The van der Waals surface area contributed by atoms with Crippen LogP contribution >= 0.6 is 23.4 Å². The van der Waals surface area contributed by atoms with Crippen molar-refractivity contribution in [3.05, 3.63) is 77.9 Å². The number of carbonyl (C=O) groups excluding carboxylic acids is 3. The summed E-state index contributed by atoms with van der Waals surface area (Å²) in [6.07, 6.45) is 11.2. The van der Waals surface area contributed by atoms with Crippen LogP contribution in [0, 0.1) is 11.8 Å². The molecule has 0 aliphatic carbocycles. The van der Waals surface area contributed by atoms with Crippen LogP contribution in [-0.4, -0.2) is 76.1 Å². The number of thioether (sulfide) groups is 1. The van der Waals surface area contributed by atoms with Gasteiger partial charge in [0.2, 0.25) is 11.8 Å². The van der Waals surface area contributed by atoms with Crippen molar-refractivity contribution in [2.75, 3.05) is 42.6 Å². The summed E-state index contributed by atoms with van der Waals surface area (Å²) in [5.74, 6) is -1.05. The molecule has 2 saturated heterocycles. The Morgan fingerprint density at radius 1 is 0.844 bits per heavy atom. The highest BCUT2D eigenvalue weighted by atomic mass is 35.5. The molecule has 0 aromatic heterocycles. The van der Waals surface area contributed by atoms with Crippen molar-refractivity contribution in [1.29, 1.82) is 0 Å². The molecule has 4 aliphatic rings. The second kappa shape index (κ2) is 12.9. The van der Waals surface area contributed by atoms with Crippen molar-refractivity contribution in [3.63, 3.8) is 0 Å². The summed E-state index contributed by atoms with van der Waals surface area (Å²) in [6, 6.07) is 13.9. The van der Waals surface area contributed by atoms with Crippen LogP contribution in [-0.2, 0) is 14.4 Å². The molecule has 10 heteroatoms. The molecule has 5 atom stereocenters. The average molecular weight is 650 g/mol. The van der Waals surface area contributed by atoms with Gasteiger partial charge in [0.15, 0.2) is 0 Å². The average Bonchev–Trinajstić information content (AvgIpc) is 3.29. The number of likely N-dealkylation sites (tertiary alicyclic amines) is 1. The van der Waals surface area contributed by atoms with Crippen LogP contribution in [0.3, 0.4) is 0 Å². The molecule has 1 unspecified atom stereocenters. The number of unbranched alkanes of at least 4 members (excludes halogenated alkanes) is 3. The van der Waals surface area contributed by atoms with Gasteiger partial charge in [-0.2, -0.15) is 0 Å². The minimum Gasteiger partial charge on any atom is -0.494 e. The number of ether oxygens (including phenoxy) is 1. The van der Waals surface area contributed by atoms with Crippen molar-refractivity contribution in [3.8, 4) is 5.75 Å². The largest absolute Gasteiger partial charge is 0.494 e. The fourth-order valence-electron chi connectivity index (χ4n) is 7.48. The van der Waals surface area contributed by atoms with E-state index in [1.165, 1.54) is 0 Å². The first-order valence-electron chi connectivity index (χ1n) is 15.8. The lowest BCUT2D eigenvalue weighted by Gasteiger charge is -2.37. The summed E-state index contributed by atoms with van der Waals surface area (Å²) in [5, 5.41) is 9.82. The van der Waals surface area contributed by atoms with Crippen molar-refractivity contribution >= 4 is 52.5 Å². The van der Waals surface area contributed by atoms with Gasteiger partial charge >= 0.3 is 0 Å². The van der Waals surface area contributed by atoms with Crippen molar-refractivity contribution in [1.82, 2.24) is 4.90 Å². The fourth-order valence-corrected chi connectivity index (χ4v) is 9.77. The van der Waals surface area contributed by atoms with Crippen LogP contribution in [0.15, 0.2) is 72.8 Å². The summed E-state index contributed by atoms with van der Waals surface area (Å²) in [5.41, 5.74) is 1.46. The van der Waals surface area contributed by atoms with Gasteiger partial charge in [0.1, 0.15) is 11.8 Å². The van der Waals surface area contributed by atoms with Crippen LogP contribution in [0.4, 0.5) is 11.4 Å². The molecule has 3 amide bonds. The minimum atomic E-state index is -0.915. The number of nitrogens with zero attached hydrogens (tertiary/aromatic N) is 3. The van der Waals surface area contributed by atoms with Crippen LogP contribution in [0.5, 0.6) is 5.75 Å². The standard InChI is InChI=1S/C35H40ClN3O5S/c1-3-44-27-16-14-26(15-17-27)37-21-8-18-34(2)28(31(37)41)29-32(42)39(20-6-4-5-7-23-40)30-33(43)38(22-9-19-35(29,30)45-34)25-12-10-24(36)11-13-25/h8-19,28-30,40H,3-7,20-23H2,1-2H3/t28-,29+,30?,34+,35+/m1/s1. The Labute approximate surface area is 274 Å². The molecule has 1 N–H and O–H groups in total. The van der Waals surface area contributed by atoms with Gasteiger partial charge in [-0.15, -0.1) is 11.8 Å². The molecule has 0 saturated carbocycles. The second-order valence-corrected chi connectivity index (χ2v) is 14.5. The predicted molar refractivity (Wildman–Crippen MR) is 179 cm³/mol. The first-order chi connectivity index (χ1) is 21.7. The maximum absolute atomic E-state index is 14.7. The number of halogens is 1. The van der Waals surface area contributed by atoms with Crippen molar-refractivity contribution in [2.45, 2.75) is 55.1 Å². The van der Waals surface area contributed by atoms with Crippen LogP contribution < -0.4 is 14.5 Å². The zero-order chi connectivity index (χ0) is 31.8. The van der Waals surface area contributed by atoms with Gasteiger partial charge in [-0.25, -0.2) is 0 Å². The first-order valence-corrected chi connectivity index (χ1v) is 17.0. The summed E-state index contributed by atoms with van der Waals surface area (Å²) < 4.78 is 4.01. The number of benzene rings is 2. The maximum Gasteiger partial charge on any atom is 0.251 e. The topological polar surface area (TPSA) is 90.4 Å². The van der Waals surface area contributed by atoms with Gasteiger partial charge in [0, 0.05) is 47.4 Å². The Balaban J connectivity index is 1.39. The molecule has 0 bridgehead atoms. The van der Waals surface area contributed by atoms with E-state index in [1.54, 1.807) is 38.6 Å². The minimum absolute atomic E-state index is 0.113. The number of hydrogen-bond donors (Lipinski definition) is 1. The molecule has 1 spiro atoms. The van der Waals surface area contributed by atoms with Gasteiger partial charge in [0.25, 0.3) is 5.91 Å². The Kier molecular flexibility index (Phi) is 9.05. The number of amides is 3. The highest BCUT2D eigenvalue weighted by molar-refractivity contribution is 8.02. The number of fused-ring (bicyclic) bond motifs is 2. The molecule has 2 aromatic carbocycles. The Morgan fingerprint density at radius 3 is 2.13 bits per heavy atom. The molecule has 238 valence electrons. The first kappa shape index (κ1) is 31.7. The Hall–Kier alpha value is -3.27. The van der Waals surface area contributed by atoms with Gasteiger partial charge in [-0.05, 0) is 75.2 Å². The molecule has 0 radical (unpaired) electrons. The molecule has 45 heavy (non-hydrogen) atoms. The Bertz CT molecular complexity index is 1500. The number of aliphatic hydroxyl groups excluding tert-OH is 1. The van der Waals surface area contributed by atoms with E-state index in [4.69, 9.17) is 16.3 Å². The summed E-state index contributed by atoms with van der Waals surface area (Å²) in [4.78, 5) is 49.2. The van der Waals surface area contributed by atoms with Gasteiger partial charge in [0.05, 0.1) is 23.2 Å². The van der Waals surface area contributed by atoms with E-state index in [0.717, 1.165) is 24.3 Å².